The highest BCUT2D eigenvalue weighted by Crippen LogP contribution is 2.28. The second-order valence-corrected chi connectivity index (χ2v) is 8.28. The second kappa shape index (κ2) is 10.7. The molecule has 3 rings (SSSR count). The van der Waals surface area contributed by atoms with Crippen LogP contribution in [-0.2, 0) is 9.47 Å². The smallest absolute Gasteiger partial charge is 0.142 e. The molecule has 3 aliphatic heterocycles. The molecule has 0 aliphatic carbocycles. The molecular formula is C18H39N7O4. The number of nitrogens with one attached hydrogen (secondary N) is 4. The minimum Gasteiger partial charge on any atom is -0.387 e. The average Bonchev–Trinajstić information content (AvgIpc) is 3.25. The van der Waals surface area contributed by atoms with Gasteiger partial charge in [-0.05, 0) is 13.5 Å². The van der Waals surface area contributed by atoms with Gasteiger partial charge in [-0.25, -0.2) is 4.90 Å². The van der Waals surface area contributed by atoms with Gasteiger partial charge in [-0.1, -0.05) is 6.92 Å². The van der Waals surface area contributed by atoms with Crippen molar-refractivity contribution >= 4 is 0 Å². The molecule has 0 aromatic carbocycles. The van der Waals surface area contributed by atoms with Gasteiger partial charge in [-0.2, -0.15) is 0 Å². The lowest BCUT2D eigenvalue weighted by atomic mass is 10.1. The molecular weight excluding hydrogens is 378 g/mol. The molecule has 11 nitrogen and oxygen atoms in total. The van der Waals surface area contributed by atoms with Crippen LogP contribution in [0.4, 0.5) is 0 Å². The van der Waals surface area contributed by atoms with E-state index in [1.54, 1.807) is 7.11 Å². The largest absolute Gasteiger partial charge is 0.387 e. The Labute approximate surface area is 173 Å². The van der Waals surface area contributed by atoms with Crippen LogP contribution in [0.5, 0.6) is 0 Å². The lowest BCUT2D eigenvalue weighted by Gasteiger charge is -2.38. The van der Waals surface area contributed by atoms with Crippen molar-refractivity contribution in [2.24, 2.45) is 5.73 Å². The van der Waals surface area contributed by atoms with Gasteiger partial charge in [-0.3, -0.25) is 16.0 Å². The van der Waals surface area contributed by atoms with Crippen LogP contribution in [0.25, 0.3) is 0 Å². The van der Waals surface area contributed by atoms with Crippen molar-refractivity contribution in [2.45, 2.75) is 62.3 Å². The van der Waals surface area contributed by atoms with Crippen molar-refractivity contribution in [1.82, 2.24) is 31.1 Å². The summed E-state index contributed by atoms with van der Waals surface area (Å²) in [6.07, 6.45) is -2.13. The van der Waals surface area contributed by atoms with Crippen molar-refractivity contribution in [3.8, 4) is 0 Å². The number of methoxy groups -OCH3 is 1. The zero-order valence-electron chi connectivity index (χ0n) is 17.8. The lowest BCUT2D eigenvalue weighted by molar-refractivity contribution is -0.106. The first kappa shape index (κ1) is 23.2. The van der Waals surface area contributed by atoms with Crippen LogP contribution in [-0.4, -0.2) is 123 Å². The molecule has 170 valence electrons. The van der Waals surface area contributed by atoms with Crippen LogP contribution in [0.2, 0.25) is 0 Å². The molecule has 0 aromatic heterocycles. The van der Waals surface area contributed by atoms with Gasteiger partial charge in [0.25, 0.3) is 0 Å². The fourth-order valence-corrected chi connectivity index (χ4v) is 4.39. The van der Waals surface area contributed by atoms with E-state index in [1.165, 1.54) is 0 Å². The predicted molar refractivity (Wildman–Crippen MR) is 109 cm³/mol. The van der Waals surface area contributed by atoms with E-state index < -0.39 is 24.5 Å². The Bertz CT molecular complexity index is 505. The van der Waals surface area contributed by atoms with E-state index >= 15 is 0 Å². The van der Waals surface area contributed by atoms with Crippen molar-refractivity contribution in [3.05, 3.63) is 0 Å². The van der Waals surface area contributed by atoms with Crippen LogP contribution < -0.4 is 27.0 Å². The highest BCUT2D eigenvalue weighted by atomic mass is 16.6. The molecule has 3 heterocycles. The maximum atomic E-state index is 10.6. The third kappa shape index (κ3) is 5.43. The van der Waals surface area contributed by atoms with Gasteiger partial charge < -0.3 is 35.6 Å². The first-order valence-corrected chi connectivity index (χ1v) is 10.6. The van der Waals surface area contributed by atoms with Gasteiger partial charge in [0, 0.05) is 39.5 Å². The van der Waals surface area contributed by atoms with Gasteiger partial charge >= 0.3 is 0 Å². The van der Waals surface area contributed by atoms with Gasteiger partial charge in [0.15, 0.2) is 0 Å². The molecule has 0 aromatic rings. The maximum Gasteiger partial charge on any atom is 0.142 e. The third-order valence-corrected chi connectivity index (χ3v) is 6.19. The summed E-state index contributed by atoms with van der Waals surface area (Å²) in [7, 11) is 3.71. The summed E-state index contributed by atoms with van der Waals surface area (Å²) >= 11 is 0. The lowest BCUT2D eigenvalue weighted by Crippen LogP contribution is -2.68. The van der Waals surface area contributed by atoms with Crippen molar-refractivity contribution < 1.29 is 19.7 Å². The number of hydrogen-bond donors (Lipinski definition) is 7. The minimum atomic E-state index is -0.967. The number of fused-ring (bicyclic) bond motifs is 1. The van der Waals surface area contributed by atoms with Gasteiger partial charge in [0.2, 0.25) is 0 Å². The van der Waals surface area contributed by atoms with Crippen LogP contribution in [0.1, 0.15) is 13.3 Å². The van der Waals surface area contributed by atoms with Crippen molar-refractivity contribution in [3.63, 3.8) is 0 Å². The quantitative estimate of drug-likeness (QED) is 0.189. The number of aliphatic hydroxyl groups is 2. The van der Waals surface area contributed by atoms with E-state index in [-0.39, 0.29) is 18.4 Å². The third-order valence-electron chi connectivity index (χ3n) is 6.19. The fourth-order valence-electron chi connectivity index (χ4n) is 4.39. The molecule has 8 N–H and O–H groups in total. The molecule has 3 saturated heterocycles. The van der Waals surface area contributed by atoms with E-state index in [4.69, 9.17) is 15.2 Å². The Morgan fingerprint density at radius 3 is 2.83 bits per heavy atom. The molecule has 0 radical (unpaired) electrons. The molecule has 0 saturated carbocycles. The van der Waals surface area contributed by atoms with Crippen molar-refractivity contribution in [1.29, 1.82) is 0 Å². The molecule has 29 heavy (non-hydrogen) atoms. The summed E-state index contributed by atoms with van der Waals surface area (Å²) in [6, 6.07) is 0.357. The number of aliphatic hydroxyl groups excluding tert-OH is 2. The molecule has 4 unspecified atom stereocenters. The molecule has 0 amide bonds. The van der Waals surface area contributed by atoms with Crippen LogP contribution in [0, 0.1) is 0 Å². The number of rotatable bonds is 10. The zero-order chi connectivity index (χ0) is 21.0. The molecule has 0 spiro atoms. The number of ether oxygens (including phenoxy) is 2. The molecule has 3 aliphatic rings. The van der Waals surface area contributed by atoms with Crippen LogP contribution in [0.3, 0.4) is 0 Å². The van der Waals surface area contributed by atoms with Gasteiger partial charge in [0.1, 0.15) is 24.5 Å². The predicted octanol–water partition coefficient (Wildman–Crippen LogP) is -3.63. The van der Waals surface area contributed by atoms with Gasteiger partial charge in [-0.15, -0.1) is 0 Å². The van der Waals surface area contributed by atoms with E-state index in [2.05, 4.69) is 33.1 Å². The summed E-state index contributed by atoms with van der Waals surface area (Å²) in [5.41, 5.74) is 6.12. The molecule has 8 atom stereocenters. The molecule has 11 heteroatoms. The van der Waals surface area contributed by atoms with E-state index in [9.17, 15) is 10.2 Å². The van der Waals surface area contributed by atoms with Crippen LogP contribution >= 0.6 is 0 Å². The normalized spacial score (nSPS) is 39.2. The number of hydrogen-bond acceptors (Lipinski definition) is 11. The first-order valence-electron chi connectivity index (χ1n) is 10.6. The molecule has 3 fully saturated rings. The second-order valence-electron chi connectivity index (χ2n) is 8.28. The summed E-state index contributed by atoms with van der Waals surface area (Å²) in [4.78, 5) is 4.12. The zero-order valence-corrected chi connectivity index (χ0v) is 17.8. The van der Waals surface area contributed by atoms with Crippen molar-refractivity contribution in [2.75, 3.05) is 53.7 Å². The topological polar surface area (TPSA) is 140 Å². The number of nitrogens with two attached hydrogens (primary N) is 1. The summed E-state index contributed by atoms with van der Waals surface area (Å²) in [5.74, 6) is 0. The molecule has 0 bridgehead atoms. The standard InChI is InChI=1S/C18H39N7O4/c1-4-11(8-28-3)20-5-6-24(2)7-12-14(26)15(27)18(29-12)25-10-23-13-16(19)21-9-22-17(13)25/h11-18,20-23,26-27H,4-10,19H2,1-3H3/t11?,12-,13?,14-,15-,16?,17?,18-/m1/s1. The summed E-state index contributed by atoms with van der Waals surface area (Å²) < 4.78 is 11.3. The first-order chi connectivity index (χ1) is 14.0. The Morgan fingerprint density at radius 1 is 1.31 bits per heavy atom. The number of likely N-dealkylation sites (N-methyl/N-ethyl adjacent to an activating group) is 1. The summed E-state index contributed by atoms with van der Waals surface area (Å²) in [6.45, 7) is 6.13. The minimum absolute atomic E-state index is 0.0168. The van der Waals surface area contributed by atoms with E-state index in [0.29, 0.717) is 32.5 Å². The highest BCUT2D eigenvalue weighted by Gasteiger charge is 2.51. The Kier molecular flexibility index (Phi) is 8.60. The Morgan fingerprint density at radius 2 is 2.10 bits per heavy atom. The maximum absolute atomic E-state index is 10.6. The Balaban J connectivity index is 1.48. The van der Waals surface area contributed by atoms with E-state index in [1.807, 2.05) is 11.9 Å². The number of nitrogens with zero attached hydrogens (tertiary/aromatic N) is 2. The van der Waals surface area contributed by atoms with E-state index in [0.717, 1.165) is 19.5 Å². The summed E-state index contributed by atoms with van der Waals surface area (Å²) in [5, 5.41) is 34.5. The SMILES string of the molecule is CCC(COC)NCCN(C)C[C@H]1O[C@@H](N2CNC3C(N)NCNC32)[C@H](O)[C@@H]1O. The van der Waals surface area contributed by atoms with Gasteiger partial charge in [0.05, 0.1) is 31.6 Å². The highest BCUT2D eigenvalue weighted by molar-refractivity contribution is 5.01. The average molecular weight is 418 g/mol. The Hall–Kier alpha value is -0.440. The van der Waals surface area contributed by atoms with Crippen LogP contribution in [0.15, 0.2) is 0 Å². The monoisotopic (exact) mass is 417 g/mol. The fraction of sp³-hybridized carbons (Fsp3) is 1.00.